The Labute approximate surface area is 221 Å². The van der Waals surface area contributed by atoms with E-state index in [1.54, 1.807) is 36.4 Å². The van der Waals surface area contributed by atoms with Crippen molar-refractivity contribution in [3.63, 3.8) is 0 Å². The molecule has 3 aromatic rings. The zero-order valence-electron chi connectivity index (χ0n) is 21.1. The first-order valence-corrected chi connectivity index (χ1v) is 12.4. The van der Waals surface area contributed by atoms with Crippen LogP contribution in [-0.2, 0) is 9.53 Å². The second-order valence-electron chi connectivity index (χ2n) is 9.05. The number of hydrogen-bond acceptors (Lipinski definition) is 4. The predicted molar refractivity (Wildman–Crippen MR) is 142 cm³/mol. The number of amides is 2. The molecule has 0 spiro atoms. The summed E-state index contributed by atoms with van der Waals surface area (Å²) in [5, 5.41) is 6.43. The molecule has 1 aliphatic rings. The third-order valence-electron chi connectivity index (χ3n) is 6.54. The first-order valence-electron chi connectivity index (χ1n) is 12.0. The molecule has 0 bridgehead atoms. The Morgan fingerprint density at radius 3 is 2.49 bits per heavy atom. The molecule has 0 unspecified atom stereocenters. The van der Waals surface area contributed by atoms with E-state index in [1.165, 1.54) is 29.2 Å². The van der Waals surface area contributed by atoms with E-state index in [1.807, 2.05) is 26.0 Å². The van der Waals surface area contributed by atoms with Crippen molar-refractivity contribution in [1.82, 2.24) is 9.91 Å². The van der Waals surface area contributed by atoms with Gasteiger partial charge in [0.1, 0.15) is 12.4 Å². The fourth-order valence-corrected chi connectivity index (χ4v) is 4.49. The summed E-state index contributed by atoms with van der Waals surface area (Å²) in [6.07, 6.45) is 0.469. The van der Waals surface area contributed by atoms with Crippen molar-refractivity contribution in [2.24, 2.45) is 5.10 Å². The van der Waals surface area contributed by atoms with Crippen molar-refractivity contribution in [1.29, 1.82) is 0 Å². The maximum atomic E-state index is 13.7. The molecule has 4 rings (SSSR count). The highest BCUT2D eigenvalue weighted by Crippen LogP contribution is 2.33. The lowest BCUT2D eigenvalue weighted by Gasteiger charge is -2.27. The van der Waals surface area contributed by atoms with Crippen molar-refractivity contribution >= 4 is 29.1 Å². The zero-order valence-corrected chi connectivity index (χ0v) is 21.8. The molecule has 6 nitrogen and oxygen atoms in total. The second-order valence-corrected chi connectivity index (χ2v) is 9.46. The van der Waals surface area contributed by atoms with Crippen molar-refractivity contribution < 1.29 is 18.7 Å². The van der Waals surface area contributed by atoms with E-state index in [0.717, 1.165) is 28.0 Å². The molecule has 0 radical (unpaired) electrons. The maximum Gasteiger partial charge on any atom is 0.262 e. The lowest BCUT2D eigenvalue weighted by atomic mass is 9.96. The van der Waals surface area contributed by atoms with Gasteiger partial charge in [0, 0.05) is 20.1 Å². The average molecular weight is 522 g/mol. The van der Waals surface area contributed by atoms with Crippen LogP contribution in [0.5, 0.6) is 0 Å². The molecule has 3 aromatic carbocycles. The zero-order chi connectivity index (χ0) is 26.5. The number of rotatable bonds is 8. The monoisotopic (exact) mass is 521 g/mol. The number of halogens is 2. The van der Waals surface area contributed by atoms with Crippen molar-refractivity contribution in [3.8, 4) is 0 Å². The molecule has 0 aliphatic carbocycles. The van der Waals surface area contributed by atoms with E-state index in [9.17, 15) is 14.0 Å². The van der Waals surface area contributed by atoms with Crippen LogP contribution < -0.4 is 0 Å². The standard InChI is InChI=1S/C29H29ClFN3O3/c1-19-8-9-22(16-20(19)2)26-17-27(21-10-12-23(31)13-11-21)34(32-26)28(35)18-33(14-15-37-3)29(36)24-6-4-5-7-25(24)30/h4-13,16,27H,14-15,17-18H2,1-3H3/t27-/m0/s1. The third kappa shape index (κ3) is 6.06. The number of carbonyl (C=O) groups is 2. The quantitative estimate of drug-likeness (QED) is 0.390. The van der Waals surface area contributed by atoms with Gasteiger partial charge in [-0.05, 0) is 66.4 Å². The summed E-state index contributed by atoms with van der Waals surface area (Å²) in [6, 6.07) is 18.4. The minimum Gasteiger partial charge on any atom is -0.383 e. The molecule has 0 fully saturated rings. The fourth-order valence-electron chi connectivity index (χ4n) is 4.27. The number of hydrazone groups is 1. The molecule has 1 aliphatic heterocycles. The molecule has 0 aromatic heterocycles. The van der Waals surface area contributed by atoms with Crippen LogP contribution in [0.2, 0.25) is 5.02 Å². The molecule has 192 valence electrons. The summed E-state index contributed by atoms with van der Waals surface area (Å²) in [7, 11) is 1.53. The molecule has 1 heterocycles. The number of carbonyl (C=O) groups excluding carboxylic acids is 2. The fraction of sp³-hybridized carbons (Fsp3) is 0.276. The Balaban J connectivity index is 1.65. The van der Waals surface area contributed by atoms with Gasteiger partial charge in [-0.2, -0.15) is 5.10 Å². The Morgan fingerprint density at radius 1 is 1.08 bits per heavy atom. The minimum atomic E-state index is -0.426. The summed E-state index contributed by atoms with van der Waals surface area (Å²) < 4.78 is 18.8. The predicted octanol–water partition coefficient (Wildman–Crippen LogP) is 5.56. The first-order chi connectivity index (χ1) is 17.8. The molecule has 0 N–H and O–H groups in total. The molecule has 2 amide bonds. The average Bonchev–Trinajstić information content (AvgIpc) is 3.34. The molecule has 1 atom stereocenters. The summed E-state index contributed by atoms with van der Waals surface area (Å²) in [5.41, 5.74) is 5.04. The highest BCUT2D eigenvalue weighted by molar-refractivity contribution is 6.33. The van der Waals surface area contributed by atoms with Crippen LogP contribution in [0.15, 0.2) is 71.8 Å². The van der Waals surface area contributed by atoms with Gasteiger partial charge >= 0.3 is 0 Å². The van der Waals surface area contributed by atoms with Crippen molar-refractivity contribution in [3.05, 3.63) is 105 Å². The van der Waals surface area contributed by atoms with Crippen LogP contribution >= 0.6 is 11.6 Å². The molecular weight excluding hydrogens is 493 g/mol. The van der Waals surface area contributed by atoms with Gasteiger partial charge in [0.25, 0.3) is 11.8 Å². The van der Waals surface area contributed by atoms with Crippen LogP contribution in [0.3, 0.4) is 0 Å². The molecule has 0 saturated heterocycles. The molecular formula is C29H29ClFN3O3. The summed E-state index contributed by atoms with van der Waals surface area (Å²) in [4.78, 5) is 28.4. The van der Waals surface area contributed by atoms with E-state index in [-0.39, 0.29) is 37.3 Å². The molecule has 37 heavy (non-hydrogen) atoms. The lowest BCUT2D eigenvalue weighted by Crippen LogP contribution is -2.42. The summed E-state index contributed by atoms with van der Waals surface area (Å²) >= 11 is 6.26. The smallest absolute Gasteiger partial charge is 0.262 e. The Bertz CT molecular complexity index is 1330. The van der Waals surface area contributed by atoms with Crippen LogP contribution in [0.1, 0.15) is 45.1 Å². The van der Waals surface area contributed by atoms with Gasteiger partial charge in [0.05, 0.1) is 28.9 Å². The van der Waals surface area contributed by atoms with Gasteiger partial charge < -0.3 is 9.64 Å². The normalized spacial score (nSPS) is 15.0. The minimum absolute atomic E-state index is 0.203. The first kappa shape index (κ1) is 26.5. The molecule has 8 heteroatoms. The second kappa shape index (κ2) is 11.7. The highest BCUT2D eigenvalue weighted by atomic mass is 35.5. The largest absolute Gasteiger partial charge is 0.383 e. The van der Waals surface area contributed by atoms with E-state index < -0.39 is 6.04 Å². The molecule has 0 saturated carbocycles. The van der Waals surface area contributed by atoms with E-state index in [4.69, 9.17) is 21.4 Å². The van der Waals surface area contributed by atoms with Gasteiger partial charge in [-0.1, -0.05) is 48.0 Å². The van der Waals surface area contributed by atoms with Gasteiger partial charge in [0.2, 0.25) is 0 Å². The van der Waals surface area contributed by atoms with Gasteiger partial charge in [0.15, 0.2) is 0 Å². The summed E-state index contributed by atoms with van der Waals surface area (Å²) in [5.74, 6) is -1.08. The van der Waals surface area contributed by atoms with Crippen LogP contribution in [0.25, 0.3) is 0 Å². The number of benzene rings is 3. The third-order valence-corrected chi connectivity index (χ3v) is 6.87. The maximum absolute atomic E-state index is 13.7. The summed E-state index contributed by atoms with van der Waals surface area (Å²) in [6.45, 7) is 4.31. The Kier molecular flexibility index (Phi) is 8.36. The van der Waals surface area contributed by atoms with Gasteiger partial charge in [-0.3, -0.25) is 9.59 Å². The van der Waals surface area contributed by atoms with E-state index in [2.05, 4.69) is 6.07 Å². The topological polar surface area (TPSA) is 62.2 Å². The van der Waals surface area contributed by atoms with Crippen molar-refractivity contribution in [2.45, 2.75) is 26.3 Å². The van der Waals surface area contributed by atoms with Crippen molar-refractivity contribution in [2.75, 3.05) is 26.8 Å². The highest BCUT2D eigenvalue weighted by Gasteiger charge is 2.34. The van der Waals surface area contributed by atoms with Gasteiger partial charge in [-0.25, -0.2) is 9.40 Å². The number of ether oxygens (including phenoxy) is 1. The number of aryl methyl sites for hydroxylation is 2. The van der Waals surface area contributed by atoms with E-state index in [0.29, 0.717) is 17.0 Å². The van der Waals surface area contributed by atoms with Crippen LogP contribution in [0, 0.1) is 19.7 Å². The van der Waals surface area contributed by atoms with Gasteiger partial charge in [-0.15, -0.1) is 0 Å². The lowest BCUT2D eigenvalue weighted by molar-refractivity contribution is -0.133. The number of hydrogen-bond donors (Lipinski definition) is 0. The SMILES string of the molecule is COCCN(CC(=O)N1N=C(c2ccc(C)c(C)c2)C[C@H]1c1ccc(F)cc1)C(=O)c1ccccc1Cl. The Hall–Kier alpha value is -3.55. The number of methoxy groups -OCH3 is 1. The Morgan fingerprint density at radius 2 is 1.81 bits per heavy atom. The van der Waals surface area contributed by atoms with Crippen LogP contribution in [0.4, 0.5) is 4.39 Å². The van der Waals surface area contributed by atoms with Crippen LogP contribution in [-0.4, -0.2) is 54.2 Å². The van der Waals surface area contributed by atoms with E-state index >= 15 is 0 Å². The number of nitrogens with zero attached hydrogens (tertiary/aromatic N) is 3.